The lowest BCUT2D eigenvalue weighted by atomic mass is 10.1. The third-order valence-corrected chi connectivity index (χ3v) is 7.85. The summed E-state index contributed by atoms with van der Waals surface area (Å²) in [6.07, 6.45) is 0. The molecule has 0 bridgehead atoms. The molecule has 3 aromatic carbocycles. The second-order valence-electron chi connectivity index (χ2n) is 10.1. The quantitative estimate of drug-likeness (QED) is 0.495. The number of rotatable bonds is 8. The molecule has 0 aliphatic rings. The van der Waals surface area contributed by atoms with E-state index in [9.17, 15) is 18.0 Å². The molecule has 0 aliphatic carbocycles. The van der Waals surface area contributed by atoms with Gasteiger partial charge in [-0.1, -0.05) is 54.6 Å². The van der Waals surface area contributed by atoms with Gasteiger partial charge in [0.25, 0.3) is 0 Å². The number of benzene rings is 3. The Morgan fingerprint density at radius 2 is 1.56 bits per heavy atom. The van der Waals surface area contributed by atoms with E-state index in [2.05, 4.69) is 5.32 Å². The van der Waals surface area contributed by atoms with Gasteiger partial charge >= 0.3 is 0 Å². The first kappa shape index (κ1) is 27.4. The molecule has 0 fully saturated rings. The van der Waals surface area contributed by atoms with Crippen LogP contribution in [0.25, 0.3) is 10.8 Å². The molecule has 192 valence electrons. The monoisotopic (exact) mass is 509 g/mol. The maximum Gasteiger partial charge on any atom is 0.243 e. The standard InChI is InChI=1S/C28H35N3O4S/c1-20-11-7-8-14-24(20)18-31(21(2)27(33)29-28(3,4)5)26(32)19-30(6)36(34,35)25-16-15-22-12-9-10-13-23(22)17-25/h7-17,21H,18-19H2,1-6H3,(H,29,33)/t21-/m0/s1. The lowest BCUT2D eigenvalue weighted by molar-refractivity contribution is -0.141. The Labute approximate surface area is 214 Å². The Morgan fingerprint density at radius 3 is 2.19 bits per heavy atom. The molecule has 36 heavy (non-hydrogen) atoms. The molecule has 3 rings (SSSR count). The number of hydrogen-bond donors (Lipinski definition) is 1. The van der Waals surface area contributed by atoms with E-state index in [4.69, 9.17) is 0 Å². The Morgan fingerprint density at radius 1 is 0.944 bits per heavy atom. The molecule has 1 atom stereocenters. The van der Waals surface area contributed by atoms with Crippen molar-refractivity contribution < 1.29 is 18.0 Å². The van der Waals surface area contributed by atoms with E-state index >= 15 is 0 Å². The predicted octanol–water partition coefficient (Wildman–Crippen LogP) is 4.10. The van der Waals surface area contributed by atoms with Gasteiger partial charge in [-0.2, -0.15) is 4.31 Å². The first-order valence-corrected chi connectivity index (χ1v) is 13.3. The summed E-state index contributed by atoms with van der Waals surface area (Å²) in [5.41, 5.74) is 1.40. The average Bonchev–Trinajstić information content (AvgIpc) is 2.81. The Hall–Kier alpha value is -3.23. The van der Waals surface area contributed by atoms with Crippen molar-refractivity contribution in [3.63, 3.8) is 0 Å². The first-order chi connectivity index (χ1) is 16.8. The SMILES string of the molecule is Cc1ccccc1CN(C(=O)CN(C)S(=O)(=O)c1ccc2ccccc2c1)[C@@H](C)C(=O)NC(C)(C)C. The summed E-state index contributed by atoms with van der Waals surface area (Å²) in [5, 5.41) is 4.64. The summed E-state index contributed by atoms with van der Waals surface area (Å²) in [6, 6.07) is 19.2. The second-order valence-corrected chi connectivity index (χ2v) is 12.2. The topological polar surface area (TPSA) is 86.8 Å². The molecule has 0 heterocycles. The van der Waals surface area contributed by atoms with E-state index in [-0.39, 0.29) is 17.3 Å². The highest BCUT2D eigenvalue weighted by atomic mass is 32.2. The number of fused-ring (bicyclic) bond motifs is 1. The zero-order chi connectivity index (χ0) is 26.7. The molecule has 3 aromatic rings. The molecule has 2 amide bonds. The van der Waals surface area contributed by atoms with E-state index < -0.39 is 34.1 Å². The minimum absolute atomic E-state index is 0.112. The molecule has 0 aliphatic heterocycles. The van der Waals surface area contributed by atoms with Crippen LogP contribution in [0.5, 0.6) is 0 Å². The van der Waals surface area contributed by atoms with Crippen LogP contribution in [-0.2, 0) is 26.2 Å². The molecule has 7 nitrogen and oxygen atoms in total. The van der Waals surface area contributed by atoms with Crippen molar-refractivity contribution in [2.45, 2.75) is 57.6 Å². The fraction of sp³-hybridized carbons (Fsp3) is 0.357. The highest BCUT2D eigenvalue weighted by Crippen LogP contribution is 2.22. The fourth-order valence-electron chi connectivity index (χ4n) is 3.90. The number of likely N-dealkylation sites (N-methyl/N-ethyl adjacent to an activating group) is 1. The minimum atomic E-state index is -3.93. The molecule has 1 N–H and O–H groups in total. The Bertz CT molecular complexity index is 1360. The van der Waals surface area contributed by atoms with Crippen molar-refractivity contribution in [3.05, 3.63) is 77.9 Å². The summed E-state index contributed by atoms with van der Waals surface area (Å²) in [7, 11) is -2.55. The van der Waals surface area contributed by atoms with Gasteiger partial charge in [0.15, 0.2) is 0 Å². The van der Waals surface area contributed by atoms with Crippen LogP contribution in [0.2, 0.25) is 0 Å². The maximum atomic E-state index is 13.5. The van der Waals surface area contributed by atoms with Crippen molar-refractivity contribution in [2.24, 2.45) is 0 Å². The van der Waals surface area contributed by atoms with Crippen molar-refractivity contribution in [3.8, 4) is 0 Å². The van der Waals surface area contributed by atoms with Gasteiger partial charge in [0, 0.05) is 19.1 Å². The van der Waals surface area contributed by atoms with Crippen LogP contribution >= 0.6 is 0 Å². The zero-order valence-electron chi connectivity index (χ0n) is 21.8. The van der Waals surface area contributed by atoms with Crippen molar-refractivity contribution >= 4 is 32.6 Å². The number of sulfonamides is 1. The number of carbonyl (C=O) groups is 2. The Balaban J connectivity index is 1.87. The molecular weight excluding hydrogens is 474 g/mol. The zero-order valence-corrected chi connectivity index (χ0v) is 22.6. The van der Waals surface area contributed by atoms with Gasteiger partial charge in [0.2, 0.25) is 21.8 Å². The maximum absolute atomic E-state index is 13.5. The number of hydrogen-bond acceptors (Lipinski definition) is 4. The molecule has 0 saturated carbocycles. The largest absolute Gasteiger partial charge is 0.350 e. The third-order valence-electron chi connectivity index (χ3n) is 6.05. The van der Waals surface area contributed by atoms with Crippen LogP contribution in [0, 0.1) is 6.92 Å². The van der Waals surface area contributed by atoms with Crippen molar-refractivity contribution in [1.82, 2.24) is 14.5 Å². The van der Waals surface area contributed by atoms with Gasteiger partial charge in [-0.3, -0.25) is 9.59 Å². The van der Waals surface area contributed by atoms with Crippen LogP contribution in [0.1, 0.15) is 38.8 Å². The highest BCUT2D eigenvalue weighted by molar-refractivity contribution is 7.89. The van der Waals surface area contributed by atoms with Gasteiger partial charge in [-0.15, -0.1) is 0 Å². The smallest absolute Gasteiger partial charge is 0.243 e. The fourth-order valence-corrected chi connectivity index (χ4v) is 5.06. The van der Waals surface area contributed by atoms with Gasteiger partial charge in [-0.05, 0) is 68.7 Å². The minimum Gasteiger partial charge on any atom is -0.350 e. The van der Waals surface area contributed by atoms with Gasteiger partial charge < -0.3 is 10.2 Å². The van der Waals surface area contributed by atoms with E-state index in [1.165, 1.54) is 11.9 Å². The average molecular weight is 510 g/mol. The van der Waals surface area contributed by atoms with Crippen LogP contribution in [0.4, 0.5) is 0 Å². The lowest BCUT2D eigenvalue weighted by Crippen LogP contribution is -2.54. The van der Waals surface area contributed by atoms with Crippen LogP contribution in [-0.4, -0.2) is 54.6 Å². The highest BCUT2D eigenvalue weighted by Gasteiger charge is 2.31. The number of nitrogens with one attached hydrogen (secondary N) is 1. The Kier molecular flexibility index (Phi) is 8.21. The first-order valence-electron chi connectivity index (χ1n) is 11.9. The van der Waals surface area contributed by atoms with E-state index in [1.807, 2.05) is 76.2 Å². The van der Waals surface area contributed by atoms with Crippen molar-refractivity contribution in [1.29, 1.82) is 0 Å². The van der Waals surface area contributed by atoms with Crippen molar-refractivity contribution in [2.75, 3.05) is 13.6 Å². The molecule has 0 spiro atoms. The predicted molar refractivity (Wildman–Crippen MR) is 143 cm³/mol. The summed E-state index contributed by atoms with van der Waals surface area (Å²) in [6.45, 7) is 9.00. The van der Waals surface area contributed by atoms with Gasteiger partial charge in [-0.25, -0.2) is 8.42 Å². The summed E-state index contributed by atoms with van der Waals surface area (Å²) < 4.78 is 27.7. The third kappa shape index (κ3) is 6.50. The lowest BCUT2D eigenvalue weighted by Gasteiger charge is -2.32. The van der Waals surface area contributed by atoms with E-state index in [0.717, 1.165) is 26.2 Å². The molecule has 0 aromatic heterocycles. The number of carbonyl (C=O) groups excluding carboxylic acids is 2. The summed E-state index contributed by atoms with van der Waals surface area (Å²) in [4.78, 5) is 28.0. The molecule has 8 heteroatoms. The van der Waals surface area contributed by atoms with Crippen LogP contribution in [0.15, 0.2) is 71.6 Å². The molecule has 0 unspecified atom stereocenters. The molecule has 0 saturated heterocycles. The van der Waals surface area contributed by atoms with Crippen LogP contribution in [0.3, 0.4) is 0 Å². The summed E-state index contributed by atoms with van der Waals surface area (Å²) in [5.74, 6) is -0.758. The second kappa shape index (κ2) is 10.8. The number of amides is 2. The molecule has 0 radical (unpaired) electrons. The van der Waals surface area contributed by atoms with Gasteiger partial charge in [0.05, 0.1) is 11.4 Å². The number of nitrogens with zero attached hydrogens (tertiary/aromatic N) is 2. The molecular formula is C28H35N3O4S. The van der Waals surface area contributed by atoms with E-state index in [0.29, 0.717) is 0 Å². The van der Waals surface area contributed by atoms with Gasteiger partial charge in [0.1, 0.15) is 6.04 Å². The van der Waals surface area contributed by atoms with Crippen LogP contribution < -0.4 is 5.32 Å². The number of aryl methyl sites for hydroxylation is 1. The normalized spacial score (nSPS) is 13.0. The summed E-state index contributed by atoms with van der Waals surface area (Å²) >= 11 is 0. The van der Waals surface area contributed by atoms with E-state index in [1.54, 1.807) is 25.1 Å².